The summed E-state index contributed by atoms with van der Waals surface area (Å²) in [5.41, 5.74) is -0.250. The first-order valence-electron chi connectivity index (χ1n) is 6.75. The van der Waals surface area contributed by atoms with Crippen LogP contribution < -0.4 is 5.32 Å². The Morgan fingerprint density at radius 3 is 2.67 bits per heavy atom. The molecule has 0 spiro atoms. The van der Waals surface area contributed by atoms with Gasteiger partial charge in [0, 0.05) is 12.5 Å². The molecule has 2 nitrogen and oxygen atoms in total. The van der Waals surface area contributed by atoms with Gasteiger partial charge < -0.3 is 10.4 Å². The summed E-state index contributed by atoms with van der Waals surface area (Å²) in [5.74, 6) is 0.230. The highest BCUT2D eigenvalue weighted by atomic mass is 19.1. The van der Waals surface area contributed by atoms with Crippen LogP contribution in [-0.2, 0) is 6.42 Å². The number of rotatable bonds is 4. The Labute approximate surface area is 108 Å². The number of alkyl halides is 1. The van der Waals surface area contributed by atoms with Crippen molar-refractivity contribution in [1.82, 2.24) is 5.32 Å². The quantitative estimate of drug-likeness (QED) is 0.861. The number of phenols is 1. The predicted octanol–water partition coefficient (Wildman–Crippen LogP) is 3.20. The first-order chi connectivity index (χ1) is 8.55. The number of hydrogen-bond acceptors (Lipinski definition) is 2. The van der Waals surface area contributed by atoms with Gasteiger partial charge in [0.1, 0.15) is 11.4 Å². The fraction of sp³-hybridized carbons (Fsp3) is 0.600. The van der Waals surface area contributed by atoms with Crippen molar-refractivity contribution in [2.24, 2.45) is 0 Å². The number of piperidine rings is 1. The third kappa shape index (κ3) is 3.98. The van der Waals surface area contributed by atoms with Gasteiger partial charge in [-0.25, -0.2) is 4.39 Å². The molecule has 1 fully saturated rings. The minimum atomic E-state index is -1.19. The normalized spacial score (nSPS) is 23.6. The van der Waals surface area contributed by atoms with E-state index in [2.05, 4.69) is 5.32 Å². The molecular weight excluding hydrogens is 229 g/mol. The Balaban J connectivity index is 1.91. The van der Waals surface area contributed by atoms with Gasteiger partial charge in [-0.15, -0.1) is 0 Å². The number of benzene rings is 1. The smallest absolute Gasteiger partial charge is 0.115 e. The molecule has 0 bridgehead atoms. The molecule has 1 heterocycles. The summed E-state index contributed by atoms with van der Waals surface area (Å²) in [6.07, 6.45) is 4.46. The van der Waals surface area contributed by atoms with E-state index in [0.29, 0.717) is 18.9 Å². The molecule has 1 saturated heterocycles. The Kier molecular flexibility index (Phi) is 4.23. The van der Waals surface area contributed by atoms with Gasteiger partial charge in [0.2, 0.25) is 0 Å². The first kappa shape index (κ1) is 13.3. The van der Waals surface area contributed by atoms with Crippen LogP contribution >= 0.6 is 0 Å². The van der Waals surface area contributed by atoms with Crippen molar-refractivity contribution in [2.75, 3.05) is 6.54 Å². The van der Waals surface area contributed by atoms with E-state index in [1.54, 1.807) is 31.2 Å². The van der Waals surface area contributed by atoms with Crippen LogP contribution in [0.4, 0.5) is 4.39 Å². The number of phenolic OH excluding ortho intramolecular Hbond substituents is 1. The average molecular weight is 251 g/mol. The molecule has 0 aliphatic carbocycles. The van der Waals surface area contributed by atoms with Crippen molar-refractivity contribution in [2.45, 2.75) is 50.7 Å². The summed E-state index contributed by atoms with van der Waals surface area (Å²) in [5, 5.41) is 12.6. The van der Waals surface area contributed by atoms with Crippen LogP contribution in [0.15, 0.2) is 24.3 Å². The number of hydrogen-bond donors (Lipinski definition) is 2. The molecule has 1 aromatic carbocycles. The van der Waals surface area contributed by atoms with E-state index < -0.39 is 5.67 Å². The second-order valence-corrected chi connectivity index (χ2v) is 5.61. The summed E-state index contributed by atoms with van der Waals surface area (Å²) < 4.78 is 14.6. The van der Waals surface area contributed by atoms with Crippen LogP contribution in [0.3, 0.4) is 0 Å². The highest BCUT2D eigenvalue weighted by Gasteiger charge is 2.28. The fourth-order valence-electron chi connectivity index (χ4n) is 2.72. The van der Waals surface area contributed by atoms with Gasteiger partial charge in [0.25, 0.3) is 0 Å². The van der Waals surface area contributed by atoms with Gasteiger partial charge >= 0.3 is 0 Å². The Morgan fingerprint density at radius 2 is 2.06 bits per heavy atom. The average Bonchev–Trinajstić information content (AvgIpc) is 2.32. The van der Waals surface area contributed by atoms with Crippen LogP contribution in [0.1, 0.15) is 38.2 Å². The molecule has 0 amide bonds. The van der Waals surface area contributed by atoms with Gasteiger partial charge in [-0.1, -0.05) is 18.6 Å². The van der Waals surface area contributed by atoms with Crippen LogP contribution in [0, 0.1) is 0 Å². The second kappa shape index (κ2) is 5.70. The largest absolute Gasteiger partial charge is 0.508 e. The van der Waals surface area contributed by atoms with Gasteiger partial charge in [0.05, 0.1) is 0 Å². The molecule has 2 rings (SSSR count). The third-order valence-electron chi connectivity index (χ3n) is 3.59. The van der Waals surface area contributed by atoms with E-state index in [1.807, 2.05) is 0 Å². The maximum absolute atomic E-state index is 14.6. The zero-order chi connectivity index (χ0) is 13.0. The van der Waals surface area contributed by atoms with E-state index in [-0.39, 0.29) is 5.75 Å². The van der Waals surface area contributed by atoms with Crippen molar-refractivity contribution in [3.63, 3.8) is 0 Å². The number of nitrogens with one attached hydrogen (secondary N) is 1. The Bertz CT molecular complexity index is 369. The van der Waals surface area contributed by atoms with Crippen LogP contribution in [0.2, 0.25) is 0 Å². The van der Waals surface area contributed by atoms with E-state index >= 15 is 0 Å². The lowest BCUT2D eigenvalue weighted by Crippen LogP contribution is -2.40. The summed E-state index contributed by atoms with van der Waals surface area (Å²) >= 11 is 0. The summed E-state index contributed by atoms with van der Waals surface area (Å²) in [4.78, 5) is 0. The van der Waals surface area contributed by atoms with Gasteiger partial charge in [-0.05, 0) is 50.4 Å². The summed E-state index contributed by atoms with van der Waals surface area (Å²) in [7, 11) is 0. The molecule has 1 aromatic rings. The lowest BCUT2D eigenvalue weighted by atomic mass is 9.88. The van der Waals surface area contributed by atoms with E-state index in [9.17, 15) is 9.50 Å². The van der Waals surface area contributed by atoms with Crippen molar-refractivity contribution in [3.8, 4) is 5.75 Å². The molecule has 2 atom stereocenters. The van der Waals surface area contributed by atoms with Crippen LogP contribution in [0.25, 0.3) is 0 Å². The molecule has 0 saturated carbocycles. The second-order valence-electron chi connectivity index (χ2n) is 5.61. The van der Waals surface area contributed by atoms with Crippen molar-refractivity contribution in [1.29, 1.82) is 0 Å². The topological polar surface area (TPSA) is 32.3 Å². The van der Waals surface area contributed by atoms with Gasteiger partial charge in [-0.3, -0.25) is 0 Å². The minimum Gasteiger partial charge on any atom is -0.508 e. The fourth-order valence-corrected chi connectivity index (χ4v) is 2.72. The molecule has 2 unspecified atom stereocenters. The minimum absolute atomic E-state index is 0.230. The van der Waals surface area contributed by atoms with Crippen LogP contribution in [0.5, 0.6) is 5.75 Å². The molecule has 100 valence electrons. The maximum atomic E-state index is 14.6. The molecular formula is C15H22FNO. The third-order valence-corrected chi connectivity index (χ3v) is 3.59. The van der Waals surface area contributed by atoms with Gasteiger partial charge in [0.15, 0.2) is 0 Å². The van der Waals surface area contributed by atoms with Crippen molar-refractivity contribution < 1.29 is 9.50 Å². The van der Waals surface area contributed by atoms with Crippen molar-refractivity contribution >= 4 is 0 Å². The molecule has 18 heavy (non-hydrogen) atoms. The van der Waals surface area contributed by atoms with E-state index in [0.717, 1.165) is 18.5 Å². The Morgan fingerprint density at radius 1 is 1.33 bits per heavy atom. The lowest BCUT2D eigenvalue weighted by Gasteiger charge is -2.30. The van der Waals surface area contributed by atoms with Gasteiger partial charge in [-0.2, -0.15) is 0 Å². The predicted molar refractivity (Wildman–Crippen MR) is 71.6 cm³/mol. The van der Waals surface area contributed by atoms with E-state index in [1.165, 1.54) is 12.8 Å². The molecule has 1 aliphatic heterocycles. The zero-order valence-electron chi connectivity index (χ0n) is 11.0. The zero-order valence-corrected chi connectivity index (χ0v) is 11.0. The lowest BCUT2D eigenvalue weighted by molar-refractivity contribution is 0.146. The summed E-state index contributed by atoms with van der Waals surface area (Å²) in [6.45, 7) is 2.69. The van der Waals surface area contributed by atoms with E-state index in [4.69, 9.17) is 0 Å². The molecule has 0 aromatic heterocycles. The standard InChI is InChI=1S/C15H22FNO/c1-15(16,11-13-4-2-3-9-17-13)10-12-5-7-14(18)8-6-12/h5-8,13,17-18H,2-4,9-11H2,1H3. The molecule has 1 aliphatic rings. The summed E-state index contributed by atoms with van der Waals surface area (Å²) in [6, 6.07) is 7.13. The highest BCUT2D eigenvalue weighted by molar-refractivity contribution is 5.26. The maximum Gasteiger partial charge on any atom is 0.115 e. The number of halogens is 1. The highest BCUT2D eigenvalue weighted by Crippen LogP contribution is 2.26. The molecule has 3 heteroatoms. The molecule has 0 radical (unpaired) electrons. The Hall–Kier alpha value is -1.09. The monoisotopic (exact) mass is 251 g/mol. The first-order valence-corrected chi connectivity index (χ1v) is 6.75. The van der Waals surface area contributed by atoms with Crippen LogP contribution in [-0.4, -0.2) is 23.4 Å². The molecule has 2 N–H and O–H groups in total. The van der Waals surface area contributed by atoms with Crippen molar-refractivity contribution in [3.05, 3.63) is 29.8 Å². The SMILES string of the molecule is CC(F)(Cc1ccc(O)cc1)CC1CCCCN1. The number of aromatic hydroxyl groups is 1.